The Hall–Kier alpha value is -2.40. The van der Waals surface area contributed by atoms with Crippen molar-refractivity contribution in [3.05, 3.63) is 59.2 Å². The number of carbonyl (C=O) groups excluding carboxylic acids is 1. The van der Waals surface area contributed by atoms with Crippen LogP contribution in [0.3, 0.4) is 0 Å². The number of esters is 1. The molecule has 0 fully saturated rings. The zero-order chi connectivity index (χ0) is 13.9. The lowest BCUT2D eigenvalue weighted by Gasteiger charge is -2.03. The third kappa shape index (κ3) is 2.48. The molecule has 1 aromatic carbocycles. The van der Waals surface area contributed by atoms with E-state index < -0.39 is 5.97 Å². The molecule has 0 atom stereocenters. The average molecular weight is 284 g/mol. The highest BCUT2D eigenvalue weighted by Gasteiger charge is 2.10. The second-order valence-corrected chi connectivity index (χ2v) is 5.22. The summed E-state index contributed by atoms with van der Waals surface area (Å²) in [6, 6.07) is 11.2. The van der Waals surface area contributed by atoms with Gasteiger partial charge in [-0.25, -0.2) is 9.78 Å². The zero-order valence-corrected chi connectivity index (χ0v) is 11.4. The molecule has 5 heteroatoms. The monoisotopic (exact) mass is 284 g/mol. The number of thiophene rings is 1. The summed E-state index contributed by atoms with van der Waals surface area (Å²) in [5.41, 5.74) is 7.32. The van der Waals surface area contributed by atoms with Crippen LogP contribution in [0, 0.1) is 0 Å². The van der Waals surface area contributed by atoms with Crippen molar-refractivity contribution in [2.24, 2.45) is 0 Å². The summed E-state index contributed by atoms with van der Waals surface area (Å²) >= 11 is 1.64. The van der Waals surface area contributed by atoms with Crippen LogP contribution in [0.1, 0.15) is 16.1 Å². The fraction of sp³-hybridized carbons (Fsp3) is 0.0667. The van der Waals surface area contributed by atoms with E-state index in [9.17, 15) is 4.79 Å². The summed E-state index contributed by atoms with van der Waals surface area (Å²) in [4.78, 5) is 15.8. The van der Waals surface area contributed by atoms with Crippen LogP contribution in [0.15, 0.2) is 48.0 Å². The molecule has 0 bridgehead atoms. The van der Waals surface area contributed by atoms with Crippen LogP contribution in [0.5, 0.6) is 0 Å². The van der Waals surface area contributed by atoms with Crippen LogP contribution >= 0.6 is 11.3 Å². The van der Waals surface area contributed by atoms with Crippen molar-refractivity contribution in [1.82, 2.24) is 4.98 Å². The minimum atomic E-state index is -0.444. The van der Waals surface area contributed by atoms with Gasteiger partial charge in [0.05, 0.1) is 11.9 Å². The van der Waals surface area contributed by atoms with E-state index >= 15 is 0 Å². The minimum Gasteiger partial charge on any atom is -0.456 e. The number of aromatic nitrogens is 1. The van der Waals surface area contributed by atoms with Gasteiger partial charge in [-0.3, -0.25) is 0 Å². The Bertz CT molecular complexity index is 750. The first-order valence-electron chi connectivity index (χ1n) is 6.08. The fourth-order valence-electron chi connectivity index (χ4n) is 1.89. The number of pyridine rings is 1. The number of fused-ring (bicyclic) bond motifs is 1. The normalized spacial score (nSPS) is 10.6. The summed E-state index contributed by atoms with van der Waals surface area (Å²) in [6.45, 7) is 0.245. The SMILES string of the molecule is Nc1ccc(C(=O)OCc2csc3ccccc23)nc1. The first kappa shape index (κ1) is 12.6. The predicted molar refractivity (Wildman–Crippen MR) is 79.6 cm³/mol. The van der Waals surface area contributed by atoms with E-state index in [1.54, 1.807) is 23.5 Å². The highest BCUT2D eigenvalue weighted by molar-refractivity contribution is 7.17. The van der Waals surface area contributed by atoms with Gasteiger partial charge in [-0.2, -0.15) is 0 Å². The van der Waals surface area contributed by atoms with Crippen molar-refractivity contribution in [2.45, 2.75) is 6.61 Å². The summed E-state index contributed by atoms with van der Waals surface area (Å²) in [5.74, 6) is -0.444. The third-order valence-corrected chi connectivity index (χ3v) is 3.93. The molecule has 0 amide bonds. The number of nitrogens with zero attached hydrogens (tertiary/aromatic N) is 1. The number of rotatable bonds is 3. The standard InChI is InChI=1S/C15H12N2O2S/c16-11-5-6-13(17-7-11)15(18)19-8-10-9-20-14-4-2-1-3-12(10)14/h1-7,9H,8,16H2. The lowest BCUT2D eigenvalue weighted by Crippen LogP contribution is -2.07. The van der Waals surface area contributed by atoms with Gasteiger partial charge < -0.3 is 10.5 Å². The van der Waals surface area contributed by atoms with Crippen molar-refractivity contribution >= 4 is 33.1 Å². The summed E-state index contributed by atoms with van der Waals surface area (Å²) in [7, 11) is 0. The molecule has 0 aliphatic heterocycles. The molecule has 0 spiro atoms. The van der Waals surface area contributed by atoms with Gasteiger partial charge in [-0.1, -0.05) is 18.2 Å². The number of ether oxygens (including phenoxy) is 1. The van der Waals surface area contributed by atoms with Gasteiger partial charge in [0.1, 0.15) is 12.3 Å². The smallest absolute Gasteiger partial charge is 0.357 e. The molecule has 0 aliphatic rings. The maximum atomic E-state index is 11.9. The van der Waals surface area contributed by atoms with Crippen LogP contribution in [-0.2, 0) is 11.3 Å². The second kappa shape index (κ2) is 5.30. The maximum Gasteiger partial charge on any atom is 0.357 e. The van der Waals surface area contributed by atoms with E-state index in [4.69, 9.17) is 10.5 Å². The molecule has 2 heterocycles. The Labute approximate surface area is 119 Å². The van der Waals surface area contributed by atoms with Crippen molar-refractivity contribution in [3.63, 3.8) is 0 Å². The van der Waals surface area contributed by atoms with E-state index in [-0.39, 0.29) is 12.3 Å². The van der Waals surface area contributed by atoms with Crippen molar-refractivity contribution in [3.8, 4) is 0 Å². The summed E-state index contributed by atoms with van der Waals surface area (Å²) in [5, 5.41) is 3.13. The van der Waals surface area contributed by atoms with Gasteiger partial charge in [0, 0.05) is 10.3 Å². The average Bonchev–Trinajstić information content (AvgIpc) is 2.89. The molecule has 0 saturated heterocycles. The Morgan fingerprint density at radius 2 is 2.10 bits per heavy atom. The van der Waals surface area contributed by atoms with E-state index in [1.807, 2.05) is 29.6 Å². The molecule has 4 nitrogen and oxygen atoms in total. The number of hydrogen-bond acceptors (Lipinski definition) is 5. The number of hydrogen-bond donors (Lipinski definition) is 1. The molecule has 0 radical (unpaired) electrons. The Kier molecular flexibility index (Phi) is 3.35. The van der Waals surface area contributed by atoms with Crippen molar-refractivity contribution in [1.29, 1.82) is 0 Å². The molecule has 2 N–H and O–H groups in total. The molecule has 100 valence electrons. The molecule has 3 aromatic rings. The molecular weight excluding hydrogens is 272 g/mol. The molecule has 0 unspecified atom stereocenters. The predicted octanol–water partition coefficient (Wildman–Crippen LogP) is 3.24. The number of nitrogens with two attached hydrogens (primary N) is 1. The zero-order valence-electron chi connectivity index (χ0n) is 10.6. The maximum absolute atomic E-state index is 11.9. The van der Waals surface area contributed by atoms with Gasteiger partial charge in [-0.05, 0) is 29.0 Å². The van der Waals surface area contributed by atoms with Crippen LogP contribution in [0.25, 0.3) is 10.1 Å². The number of carbonyl (C=O) groups is 1. The van der Waals surface area contributed by atoms with E-state index in [0.29, 0.717) is 5.69 Å². The molecular formula is C15H12N2O2S. The van der Waals surface area contributed by atoms with Crippen LogP contribution in [-0.4, -0.2) is 11.0 Å². The number of nitrogen functional groups attached to an aromatic ring is 1. The third-order valence-electron chi connectivity index (χ3n) is 2.92. The lowest BCUT2D eigenvalue weighted by molar-refractivity contribution is 0.0468. The number of anilines is 1. The Morgan fingerprint density at radius 1 is 1.25 bits per heavy atom. The van der Waals surface area contributed by atoms with Crippen molar-refractivity contribution in [2.75, 3.05) is 5.73 Å². The summed E-state index contributed by atoms with van der Waals surface area (Å²) < 4.78 is 6.47. The molecule has 0 saturated carbocycles. The summed E-state index contributed by atoms with van der Waals surface area (Å²) in [6.07, 6.45) is 1.44. The Morgan fingerprint density at radius 3 is 2.90 bits per heavy atom. The molecule has 20 heavy (non-hydrogen) atoms. The van der Waals surface area contributed by atoms with Gasteiger partial charge in [0.25, 0.3) is 0 Å². The molecule has 2 aromatic heterocycles. The van der Waals surface area contributed by atoms with Crippen LogP contribution in [0.2, 0.25) is 0 Å². The number of benzene rings is 1. The second-order valence-electron chi connectivity index (χ2n) is 4.31. The van der Waals surface area contributed by atoms with Crippen LogP contribution < -0.4 is 5.73 Å². The minimum absolute atomic E-state index is 0.245. The molecule has 0 aliphatic carbocycles. The van der Waals surface area contributed by atoms with E-state index in [1.165, 1.54) is 10.9 Å². The van der Waals surface area contributed by atoms with Gasteiger partial charge in [0.15, 0.2) is 0 Å². The Balaban J connectivity index is 1.73. The topological polar surface area (TPSA) is 65.2 Å². The van der Waals surface area contributed by atoms with Gasteiger partial charge in [0.2, 0.25) is 0 Å². The largest absolute Gasteiger partial charge is 0.456 e. The quantitative estimate of drug-likeness (QED) is 0.750. The highest BCUT2D eigenvalue weighted by atomic mass is 32.1. The van der Waals surface area contributed by atoms with Gasteiger partial charge in [-0.15, -0.1) is 11.3 Å². The first-order chi connectivity index (χ1) is 9.74. The van der Waals surface area contributed by atoms with Gasteiger partial charge >= 0.3 is 5.97 Å². The molecule has 3 rings (SSSR count). The highest BCUT2D eigenvalue weighted by Crippen LogP contribution is 2.26. The van der Waals surface area contributed by atoms with Crippen LogP contribution in [0.4, 0.5) is 5.69 Å². The first-order valence-corrected chi connectivity index (χ1v) is 6.96. The van der Waals surface area contributed by atoms with E-state index in [0.717, 1.165) is 10.9 Å². The lowest BCUT2D eigenvalue weighted by atomic mass is 10.2. The fourth-order valence-corrected chi connectivity index (χ4v) is 2.84. The van der Waals surface area contributed by atoms with E-state index in [2.05, 4.69) is 4.98 Å². The van der Waals surface area contributed by atoms with Crippen molar-refractivity contribution < 1.29 is 9.53 Å².